The van der Waals surface area contributed by atoms with Crippen molar-refractivity contribution >= 4 is 21.5 Å². The Kier molecular flexibility index (Phi) is 4.05. The first-order valence-electron chi connectivity index (χ1n) is 7.38. The molecule has 0 unspecified atom stereocenters. The molecular formula is C18H18N2O2S. The van der Waals surface area contributed by atoms with Crippen molar-refractivity contribution in [3.63, 3.8) is 0 Å². The van der Waals surface area contributed by atoms with E-state index in [0.29, 0.717) is 18.8 Å². The number of hydrogen-bond donors (Lipinski definition) is 0. The number of aryl methyl sites for hydroxylation is 1. The van der Waals surface area contributed by atoms with Crippen molar-refractivity contribution in [3.05, 3.63) is 72.3 Å². The summed E-state index contributed by atoms with van der Waals surface area (Å²) in [6, 6.07) is 14.6. The van der Waals surface area contributed by atoms with Crippen LogP contribution in [0.25, 0.3) is 0 Å². The third-order valence-corrected chi connectivity index (χ3v) is 5.12. The molecule has 1 aliphatic heterocycles. The van der Waals surface area contributed by atoms with Gasteiger partial charge in [-0.25, -0.2) is 0 Å². The molecule has 4 nitrogen and oxygen atoms in total. The summed E-state index contributed by atoms with van der Waals surface area (Å²) in [6.45, 7) is 6.20. The van der Waals surface area contributed by atoms with Gasteiger partial charge in [-0.2, -0.15) is 8.42 Å². The van der Waals surface area contributed by atoms with Gasteiger partial charge in [0.1, 0.15) is 5.84 Å². The lowest BCUT2D eigenvalue weighted by Crippen LogP contribution is -2.28. The lowest BCUT2D eigenvalue weighted by molar-refractivity contribution is 0.598. The summed E-state index contributed by atoms with van der Waals surface area (Å²) in [5.41, 5.74) is 3.08. The Balaban J connectivity index is 2.01. The summed E-state index contributed by atoms with van der Waals surface area (Å²) in [5.74, 6) is 0.534. The van der Waals surface area contributed by atoms with Crippen molar-refractivity contribution in [2.24, 2.45) is 4.40 Å². The molecule has 0 aromatic heterocycles. The number of hydrogen-bond acceptors (Lipinski definition) is 2. The molecule has 0 aliphatic carbocycles. The predicted octanol–water partition coefficient (Wildman–Crippen LogP) is 3.33. The third kappa shape index (κ3) is 3.05. The van der Waals surface area contributed by atoms with Crippen LogP contribution < -0.4 is 4.90 Å². The Bertz CT molecular complexity index is 868. The average Bonchev–Trinajstić information content (AvgIpc) is 2.85. The number of nitrogens with zero attached hydrogens (tertiary/aromatic N) is 2. The van der Waals surface area contributed by atoms with Gasteiger partial charge < -0.3 is 4.90 Å². The van der Waals surface area contributed by atoms with Crippen LogP contribution in [0.2, 0.25) is 0 Å². The van der Waals surface area contributed by atoms with E-state index in [0.717, 1.165) is 16.8 Å². The number of sulfonamides is 1. The van der Waals surface area contributed by atoms with Crippen LogP contribution in [0.5, 0.6) is 0 Å². The van der Waals surface area contributed by atoms with E-state index in [2.05, 4.69) is 11.0 Å². The van der Waals surface area contributed by atoms with E-state index < -0.39 is 10.0 Å². The number of benzene rings is 2. The second kappa shape index (κ2) is 6.01. The zero-order valence-electron chi connectivity index (χ0n) is 12.9. The number of anilines is 1. The van der Waals surface area contributed by atoms with Gasteiger partial charge in [0.2, 0.25) is 0 Å². The van der Waals surface area contributed by atoms with Gasteiger partial charge in [0.25, 0.3) is 10.0 Å². The number of para-hydroxylation sites is 1. The number of rotatable bonds is 4. The summed E-state index contributed by atoms with van der Waals surface area (Å²) in [4.78, 5) is 2.11. The largest absolute Gasteiger partial charge is 0.325 e. The Labute approximate surface area is 136 Å². The van der Waals surface area contributed by atoms with Gasteiger partial charge in [0, 0.05) is 18.7 Å². The monoisotopic (exact) mass is 326 g/mol. The molecule has 1 aliphatic rings. The zero-order valence-corrected chi connectivity index (χ0v) is 13.8. The molecule has 0 spiro atoms. The van der Waals surface area contributed by atoms with Gasteiger partial charge in [-0.15, -0.1) is 11.0 Å². The van der Waals surface area contributed by atoms with Crippen LogP contribution in [0.3, 0.4) is 0 Å². The van der Waals surface area contributed by atoms with Crippen LogP contribution in [0.15, 0.2) is 70.5 Å². The quantitative estimate of drug-likeness (QED) is 0.810. The summed E-state index contributed by atoms with van der Waals surface area (Å²) in [5, 5.41) is 0. The molecule has 0 radical (unpaired) electrons. The Hall–Kier alpha value is -2.40. The summed E-state index contributed by atoms with van der Waals surface area (Å²) in [6.07, 6.45) is 2.26. The maximum absolute atomic E-state index is 12.6. The minimum Gasteiger partial charge on any atom is -0.325 e. The van der Waals surface area contributed by atoms with Crippen molar-refractivity contribution in [2.75, 3.05) is 11.4 Å². The van der Waals surface area contributed by atoms with Gasteiger partial charge >= 0.3 is 0 Å². The first-order valence-corrected chi connectivity index (χ1v) is 8.82. The fourth-order valence-corrected chi connectivity index (χ4v) is 3.67. The number of fused-ring (bicyclic) bond motifs is 1. The molecule has 0 bridgehead atoms. The van der Waals surface area contributed by atoms with Crippen molar-refractivity contribution < 1.29 is 8.42 Å². The van der Waals surface area contributed by atoms with Crippen molar-refractivity contribution in [1.29, 1.82) is 0 Å². The molecule has 0 saturated carbocycles. The van der Waals surface area contributed by atoms with Crippen molar-refractivity contribution in [1.82, 2.24) is 0 Å². The normalized spacial score (nSPS) is 15.7. The molecule has 2 aromatic carbocycles. The van der Waals surface area contributed by atoms with Crippen LogP contribution in [-0.4, -0.2) is 20.8 Å². The second-order valence-electron chi connectivity index (χ2n) is 5.50. The summed E-state index contributed by atoms with van der Waals surface area (Å²) < 4.78 is 29.2. The summed E-state index contributed by atoms with van der Waals surface area (Å²) in [7, 11) is -3.72. The molecule has 1 heterocycles. The van der Waals surface area contributed by atoms with Crippen LogP contribution in [-0.2, 0) is 16.4 Å². The molecule has 118 valence electrons. The first-order chi connectivity index (χ1) is 11.0. The second-order valence-corrected chi connectivity index (χ2v) is 7.10. The highest BCUT2D eigenvalue weighted by molar-refractivity contribution is 7.90. The third-order valence-electron chi connectivity index (χ3n) is 3.80. The molecule has 0 saturated heterocycles. The Morgan fingerprint density at radius 3 is 2.57 bits per heavy atom. The Morgan fingerprint density at radius 2 is 1.87 bits per heavy atom. The fourth-order valence-electron chi connectivity index (χ4n) is 2.64. The lowest BCUT2D eigenvalue weighted by Gasteiger charge is -2.18. The number of amidine groups is 1. The van der Waals surface area contributed by atoms with E-state index in [1.54, 1.807) is 30.3 Å². The molecule has 0 N–H and O–H groups in total. The van der Waals surface area contributed by atoms with E-state index in [-0.39, 0.29) is 4.90 Å². The highest BCUT2D eigenvalue weighted by Crippen LogP contribution is 2.30. The van der Waals surface area contributed by atoms with E-state index in [9.17, 15) is 8.42 Å². The highest BCUT2D eigenvalue weighted by atomic mass is 32.2. The van der Waals surface area contributed by atoms with E-state index in [1.807, 2.05) is 36.1 Å². The Morgan fingerprint density at radius 1 is 1.17 bits per heavy atom. The maximum Gasteiger partial charge on any atom is 0.283 e. The summed E-state index contributed by atoms with van der Waals surface area (Å²) >= 11 is 0. The van der Waals surface area contributed by atoms with Crippen LogP contribution in [0, 0.1) is 6.92 Å². The van der Waals surface area contributed by atoms with Gasteiger partial charge in [-0.3, -0.25) is 0 Å². The lowest BCUT2D eigenvalue weighted by atomic mass is 10.2. The van der Waals surface area contributed by atoms with E-state index >= 15 is 0 Å². The molecule has 5 heteroatoms. The molecule has 2 aromatic rings. The van der Waals surface area contributed by atoms with Crippen molar-refractivity contribution in [3.8, 4) is 0 Å². The molecule has 0 fully saturated rings. The zero-order chi connectivity index (χ0) is 16.4. The van der Waals surface area contributed by atoms with Crippen molar-refractivity contribution in [2.45, 2.75) is 18.2 Å². The van der Waals surface area contributed by atoms with Gasteiger partial charge in [0.15, 0.2) is 0 Å². The van der Waals surface area contributed by atoms with Crippen LogP contribution in [0.1, 0.15) is 11.1 Å². The van der Waals surface area contributed by atoms with Crippen LogP contribution in [0.4, 0.5) is 5.69 Å². The first kappa shape index (κ1) is 15.5. The standard InChI is InChI=1S/C18H18N2O2S/c1-3-12-20-17-7-5-4-6-15(17)13-18(20)19-23(21,22)16-10-8-14(2)9-11-16/h3-11H,1,12-13H2,2H3/b19-18-. The molecular weight excluding hydrogens is 308 g/mol. The molecule has 3 rings (SSSR count). The molecule has 0 atom stereocenters. The minimum atomic E-state index is -3.72. The SMILES string of the molecule is C=CCN1/C(=N\S(=O)(=O)c2ccc(C)cc2)Cc2ccccc21. The predicted molar refractivity (Wildman–Crippen MR) is 93.5 cm³/mol. The maximum atomic E-state index is 12.6. The average molecular weight is 326 g/mol. The van der Waals surface area contributed by atoms with E-state index in [4.69, 9.17) is 0 Å². The minimum absolute atomic E-state index is 0.213. The smallest absolute Gasteiger partial charge is 0.283 e. The highest BCUT2D eigenvalue weighted by Gasteiger charge is 2.26. The van der Waals surface area contributed by atoms with Crippen LogP contribution >= 0.6 is 0 Å². The van der Waals surface area contributed by atoms with Gasteiger partial charge in [0.05, 0.1) is 4.90 Å². The molecule has 0 amide bonds. The van der Waals surface area contributed by atoms with Gasteiger partial charge in [-0.1, -0.05) is 42.0 Å². The fraction of sp³-hybridized carbons (Fsp3) is 0.167. The topological polar surface area (TPSA) is 49.7 Å². The van der Waals surface area contributed by atoms with Gasteiger partial charge in [-0.05, 0) is 30.7 Å². The van der Waals surface area contributed by atoms with E-state index in [1.165, 1.54) is 0 Å². The molecule has 23 heavy (non-hydrogen) atoms.